The van der Waals surface area contributed by atoms with Crippen LogP contribution in [-0.4, -0.2) is 35.5 Å². The summed E-state index contributed by atoms with van der Waals surface area (Å²) in [5, 5.41) is 9.90. The molecule has 2 N–H and O–H groups in total. The molecule has 1 aliphatic heterocycles. The van der Waals surface area contributed by atoms with E-state index in [0.29, 0.717) is 25.6 Å². The zero-order chi connectivity index (χ0) is 16.1. The zero-order valence-electron chi connectivity index (χ0n) is 13.3. The largest absolute Gasteiger partial charge is 0.493 e. The van der Waals surface area contributed by atoms with Gasteiger partial charge in [-0.25, -0.2) is 4.79 Å². The highest BCUT2D eigenvalue weighted by molar-refractivity contribution is 5.73. The minimum Gasteiger partial charge on any atom is -0.493 e. The van der Waals surface area contributed by atoms with E-state index in [1.54, 1.807) is 4.68 Å². The quantitative estimate of drug-likeness (QED) is 0.879. The van der Waals surface area contributed by atoms with Crippen molar-refractivity contribution in [1.29, 1.82) is 0 Å². The molecular weight excluding hydrogens is 292 g/mol. The maximum absolute atomic E-state index is 11.8. The number of carbonyl (C=O) groups excluding carboxylic acids is 1. The average molecular weight is 314 g/mol. The van der Waals surface area contributed by atoms with Crippen molar-refractivity contribution in [1.82, 2.24) is 20.4 Å². The average Bonchev–Trinajstić information content (AvgIpc) is 2.98. The number of nitrogens with zero attached hydrogens (tertiary/aromatic N) is 2. The SMILES string of the molecule is Cn1cc(CCNC(=O)NC[C@@H]2COc3ccccc3C2)cn1. The molecule has 23 heavy (non-hydrogen) atoms. The minimum atomic E-state index is -0.132. The van der Waals surface area contributed by atoms with Crippen molar-refractivity contribution in [3.63, 3.8) is 0 Å². The number of ether oxygens (including phenoxy) is 1. The van der Waals surface area contributed by atoms with Gasteiger partial charge in [-0.2, -0.15) is 5.10 Å². The lowest BCUT2D eigenvalue weighted by molar-refractivity contribution is 0.211. The summed E-state index contributed by atoms with van der Waals surface area (Å²) in [4.78, 5) is 11.8. The third-order valence-corrected chi connectivity index (χ3v) is 3.96. The number of hydrogen-bond acceptors (Lipinski definition) is 3. The topological polar surface area (TPSA) is 68.2 Å². The molecule has 6 heteroatoms. The lowest BCUT2D eigenvalue weighted by atomic mass is 9.97. The van der Waals surface area contributed by atoms with Crippen LogP contribution in [0.4, 0.5) is 4.79 Å². The lowest BCUT2D eigenvalue weighted by Crippen LogP contribution is -2.41. The molecule has 0 bridgehead atoms. The van der Waals surface area contributed by atoms with Crippen molar-refractivity contribution in [2.45, 2.75) is 12.8 Å². The van der Waals surface area contributed by atoms with E-state index in [0.717, 1.165) is 24.2 Å². The summed E-state index contributed by atoms with van der Waals surface area (Å²) in [6.45, 7) is 1.86. The lowest BCUT2D eigenvalue weighted by Gasteiger charge is -2.25. The first-order valence-electron chi connectivity index (χ1n) is 7.90. The third kappa shape index (κ3) is 4.25. The number of para-hydroxylation sites is 1. The molecule has 1 aromatic heterocycles. The first-order chi connectivity index (χ1) is 11.2. The van der Waals surface area contributed by atoms with Crippen LogP contribution >= 0.6 is 0 Å². The van der Waals surface area contributed by atoms with Gasteiger partial charge in [0.05, 0.1) is 12.8 Å². The van der Waals surface area contributed by atoms with E-state index in [9.17, 15) is 4.79 Å². The van der Waals surface area contributed by atoms with Crippen LogP contribution in [0.25, 0.3) is 0 Å². The maximum atomic E-state index is 11.8. The second-order valence-corrected chi connectivity index (χ2v) is 5.90. The van der Waals surface area contributed by atoms with Crippen molar-refractivity contribution >= 4 is 6.03 Å². The summed E-state index contributed by atoms with van der Waals surface area (Å²) >= 11 is 0. The van der Waals surface area contributed by atoms with Crippen molar-refractivity contribution in [3.05, 3.63) is 47.8 Å². The summed E-state index contributed by atoms with van der Waals surface area (Å²) in [6.07, 6.45) is 5.49. The van der Waals surface area contributed by atoms with Gasteiger partial charge in [0.1, 0.15) is 5.75 Å². The molecule has 1 aliphatic rings. The Hall–Kier alpha value is -2.50. The highest BCUT2D eigenvalue weighted by atomic mass is 16.5. The summed E-state index contributed by atoms with van der Waals surface area (Å²) in [6, 6.07) is 7.93. The van der Waals surface area contributed by atoms with Gasteiger partial charge in [-0.05, 0) is 30.0 Å². The second kappa shape index (κ2) is 7.17. The van der Waals surface area contributed by atoms with Gasteiger partial charge in [0, 0.05) is 32.3 Å². The Bertz CT molecular complexity index is 668. The number of benzene rings is 1. The number of hydrogen-bond donors (Lipinski definition) is 2. The van der Waals surface area contributed by atoms with Crippen LogP contribution < -0.4 is 15.4 Å². The van der Waals surface area contributed by atoms with Crippen LogP contribution in [-0.2, 0) is 19.9 Å². The van der Waals surface area contributed by atoms with Gasteiger partial charge >= 0.3 is 6.03 Å². The summed E-state index contributed by atoms with van der Waals surface area (Å²) in [7, 11) is 1.88. The van der Waals surface area contributed by atoms with E-state index < -0.39 is 0 Å². The van der Waals surface area contributed by atoms with Crippen LogP contribution in [0.5, 0.6) is 5.75 Å². The van der Waals surface area contributed by atoms with Crippen molar-refractivity contribution in [2.24, 2.45) is 13.0 Å². The van der Waals surface area contributed by atoms with Crippen molar-refractivity contribution in [2.75, 3.05) is 19.7 Å². The molecule has 1 atom stereocenters. The zero-order valence-corrected chi connectivity index (χ0v) is 13.3. The number of fused-ring (bicyclic) bond motifs is 1. The van der Waals surface area contributed by atoms with Crippen LogP contribution in [0.1, 0.15) is 11.1 Å². The minimum absolute atomic E-state index is 0.132. The molecule has 0 fully saturated rings. The van der Waals surface area contributed by atoms with Crippen LogP contribution in [0.3, 0.4) is 0 Å². The summed E-state index contributed by atoms with van der Waals surface area (Å²) in [5.41, 5.74) is 2.33. The molecule has 0 radical (unpaired) electrons. The Morgan fingerprint density at radius 2 is 2.26 bits per heavy atom. The predicted octanol–water partition coefficient (Wildman–Crippen LogP) is 1.51. The summed E-state index contributed by atoms with van der Waals surface area (Å²) < 4.78 is 7.49. The normalized spacial score (nSPS) is 16.3. The van der Waals surface area contributed by atoms with E-state index in [-0.39, 0.29) is 6.03 Å². The standard InChI is InChI=1S/C17H22N4O2/c1-21-11-13(10-20-21)6-7-18-17(22)19-9-14-8-15-4-2-3-5-16(15)23-12-14/h2-5,10-11,14H,6-9,12H2,1H3,(H2,18,19,22)/t14-/m1/s1. The third-order valence-electron chi connectivity index (χ3n) is 3.96. The van der Waals surface area contributed by atoms with Gasteiger partial charge in [-0.15, -0.1) is 0 Å². The highest BCUT2D eigenvalue weighted by Gasteiger charge is 2.19. The van der Waals surface area contributed by atoms with Crippen LogP contribution in [0.15, 0.2) is 36.7 Å². The second-order valence-electron chi connectivity index (χ2n) is 5.90. The Morgan fingerprint density at radius 1 is 1.39 bits per heavy atom. The molecule has 0 saturated heterocycles. The number of aromatic nitrogens is 2. The first kappa shape index (κ1) is 15.4. The Labute approximate surface area is 135 Å². The predicted molar refractivity (Wildman–Crippen MR) is 87.4 cm³/mol. The Kier molecular flexibility index (Phi) is 4.80. The van der Waals surface area contributed by atoms with Gasteiger partial charge in [0.15, 0.2) is 0 Å². The smallest absolute Gasteiger partial charge is 0.314 e. The van der Waals surface area contributed by atoms with E-state index in [1.165, 1.54) is 5.56 Å². The van der Waals surface area contributed by atoms with Gasteiger partial charge < -0.3 is 15.4 Å². The number of rotatable bonds is 5. The molecular formula is C17H22N4O2. The number of nitrogens with one attached hydrogen (secondary N) is 2. The molecule has 0 aliphatic carbocycles. The molecule has 2 heterocycles. The molecule has 1 aromatic carbocycles. The molecule has 2 amide bonds. The van der Waals surface area contributed by atoms with Crippen LogP contribution in [0, 0.1) is 5.92 Å². The van der Waals surface area contributed by atoms with Gasteiger partial charge in [-0.1, -0.05) is 18.2 Å². The number of amides is 2. The molecule has 2 aromatic rings. The molecule has 122 valence electrons. The van der Waals surface area contributed by atoms with E-state index >= 15 is 0 Å². The first-order valence-corrected chi connectivity index (χ1v) is 7.90. The number of aryl methyl sites for hydroxylation is 1. The Morgan fingerprint density at radius 3 is 3.09 bits per heavy atom. The molecule has 3 rings (SSSR count). The van der Waals surface area contributed by atoms with Gasteiger partial charge in [0.2, 0.25) is 0 Å². The summed E-state index contributed by atoms with van der Waals surface area (Å²) in [5.74, 6) is 1.28. The van der Waals surface area contributed by atoms with E-state index in [4.69, 9.17) is 4.74 Å². The van der Waals surface area contributed by atoms with Gasteiger partial charge in [-0.3, -0.25) is 4.68 Å². The molecule has 0 spiro atoms. The number of urea groups is 1. The van der Waals surface area contributed by atoms with E-state index in [1.807, 2.05) is 37.6 Å². The van der Waals surface area contributed by atoms with Gasteiger partial charge in [0.25, 0.3) is 0 Å². The monoisotopic (exact) mass is 314 g/mol. The fourth-order valence-corrected chi connectivity index (χ4v) is 2.74. The van der Waals surface area contributed by atoms with Crippen molar-refractivity contribution < 1.29 is 9.53 Å². The molecule has 0 saturated carbocycles. The molecule has 6 nitrogen and oxygen atoms in total. The fraction of sp³-hybridized carbons (Fsp3) is 0.412. The van der Waals surface area contributed by atoms with E-state index in [2.05, 4.69) is 21.8 Å². The maximum Gasteiger partial charge on any atom is 0.314 e. The van der Waals surface area contributed by atoms with Crippen molar-refractivity contribution in [3.8, 4) is 5.75 Å². The van der Waals surface area contributed by atoms with Crippen LogP contribution in [0.2, 0.25) is 0 Å². The Balaban J connectivity index is 1.36. The highest BCUT2D eigenvalue weighted by Crippen LogP contribution is 2.26. The fourth-order valence-electron chi connectivity index (χ4n) is 2.74. The molecule has 0 unspecified atom stereocenters. The number of carbonyl (C=O) groups is 1.